The number of nitrogens with zero attached hydrogens (tertiary/aromatic N) is 3. The van der Waals surface area contributed by atoms with Gasteiger partial charge in [0.15, 0.2) is 0 Å². The predicted octanol–water partition coefficient (Wildman–Crippen LogP) is 2.84. The van der Waals surface area contributed by atoms with Crippen molar-refractivity contribution in [3.8, 4) is 0 Å². The van der Waals surface area contributed by atoms with Gasteiger partial charge in [0.1, 0.15) is 5.82 Å². The summed E-state index contributed by atoms with van der Waals surface area (Å²) in [6.45, 7) is 4.21. The van der Waals surface area contributed by atoms with Crippen LogP contribution in [0.2, 0.25) is 0 Å². The van der Waals surface area contributed by atoms with Gasteiger partial charge in [0, 0.05) is 18.5 Å². The number of nitrogen functional groups attached to an aromatic ring is 1. The van der Waals surface area contributed by atoms with Crippen molar-refractivity contribution in [1.29, 1.82) is 0 Å². The van der Waals surface area contributed by atoms with Gasteiger partial charge >= 0.3 is 0 Å². The zero-order chi connectivity index (χ0) is 13.2. The van der Waals surface area contributed by atoms with Crippen molar-refractivity contribution in [1.82, 2.24) is 9.97 Å². The van der Waals surface area contributed by atoms with Gasteiger partial charge in [-0.15, -0.1) is 0 Å². The Morgan fingerprint density at radius 2 is 2.05 bits per heavy atom. The van der Waals surface area contributed by atoms with E-state index in [0.29, 0.717) is 5.95 Å². The van der Waals surface area contributed by atoms with Crippen LogP contribution in [0.3, 0.4) is 0 Å². The summed E-state index contributed by atoms with van der Waals surface area (Å²) in [5.41, 5.74) is 6.77. The minimum absolute atomic E-state index is 0.362. The predicted molar refractivity (Wildman–Crippen MR) is 79.2 cm³/mol. The largest absolute Gasteiger partial charge is 0.368 e. The third-order valence-electron chi connectivity index (χ3n) is 3.98. The molecule has 1 fully saturated rings. The van der Waals surface area contributed by atoms with Gasteiger partial charge in [-0.1, -0.05) is 18.6 Å². The molecule has 1 saturated carbocycles. The standard InChI is InChI=1S/C15H20N4/c1-2-19(10-11-6-5-7-11)14-12-8-3-4-9-13(12)17-15(16)18-14/h3-4,8-9,11H,2,5-7,10H2,1H3,(H2,16,17,18). The Morgan fingerprint density at radius 3 is 2.74 bits per heavy atom. The number of nitrogens with two attached hydrogens (primary N) is 1. The maximum Gasteiger partial charge on any atom is 0.222 e. The number of anilines is 2. The van der Waals surface area contributed by atoms with E-state index in [9.17, 15) is 0 Å². The monoisotopic (exact) mass is 256 g/mol. The van der Waals surface area contributed by atoms with Crippen molar-refractivity contribution >= 4 is 22.7 Å². The summed E-state index contributed by atoms with van der Waals surface area (Å²) >= 11 is 0. The van der Waals surface area contributed by atoms with Crippen LogP contribution in [0.15, 0.2) is 24.3 Å². The molecule has 2 aromatic rings. The number of aromatic nitrogens is 2. The van der Waals surface area contributed by atoms with Crippen molar-refractivity contribution in [2.75, 3.05) is 23.7 Å². The van der Waals surface area contributed by atoms with Crippen LogP contribution in [0, 0.1) is 5.92 Å². The molecule has 0 spiro atoms. The Bertz CT molecular complexity index is 577. The molecule has 1 aromatic heterocycles. The maximum absolute atomic E-state index is 5.85. The zero-order valence-corrected chi connectivity index (χ0v) is 11.3. The van der Waals surface area contributed by atoms with E-state index in [2.05, 4.69) is 27.9 Å². The molecule has 19 heavy (non-hydrogen) atoms. The molecule has 0 amide bonds. The summed E-state index contributed by atoms with van der Waals surface area (Å²) in [4.78, 5) is 11.1. The lowest BCUT2D eigenvalue weighted by Crippen LogP contribution is -2.33. The highest BCUT2D eigenvalue weighted by molar-refractivity contribution is 5.90. The molecule has 2 N–H and O–H groups in total. The lowest BCUT2D eigenvalue weighted by molar-refractivity contribution is 0.318. The Kier molecular flexibility index (Phi) is 3.23. The van der Waals surface area contributed by atoms with Gasteiger partial charge in [-0.2, -0.15) is 4.98 Å². The molecule has 0 bridgehead atoms. The van der Waals surface area contributed by atoms with Gasteiger partial charge in [0.05, 0.1) is 5.52 Å². The van der Waals surface area contributed by atoms with E-state index in [1.54, 1.807) is 0 Å². The molecular formula is C15H20N4. The molecule has 1 aliphatic carbocycles. The molecule has 4 nitrogen and oxygen atoms in total. The smallest absolute Gasteiger partial charge is 0.222 e. The first kappa shape index (κ1) is 12.2. The van der Waals surface area contributed by atoms with Crippen LogP contribution < -0.4 is 10.6 Å². The third kappa shape index (κ3) is 2.35. The number of para-hydroxylation sites is 1. The van der Waals surface area contributed by atoms with Crippen molar-refractivity contribution in [3.63, 3.8) is 0 Å². The van der Waals surface area contributed by atoms with E-state index in [-0.39, 0.29) is 0 Å². The Morgan fingerprint density at radius 1 is 1.26 bits per heavy atom. The van der Waals surface area contributed by atoms with Crippen LogP contribution in [-0.2, 0) is 0 Å². The molecule has 1 aliphatic rings. The highest BCUT2D eigenvalue weighted by atomic mass is 15.2. The maximum atomic E-state index is 5.85. The van der Waals surface area contributed by atoms with E-state index in [0.717, 1.165) is 35.7 Å². The number of hydrogen-bond acceptors (Lipinski definition) is 4. The van der Waals surface area contributed by atoms with Crippen LogP contribution in [0.5, 0.6) is 0 Å². The first-order valence-corrected chi connectivity index (χ1v) is 7.05. The number of rotatable bonds is 4. The summed E-state index contributed by atoms with van der Waals surface area (Å²) in [6, 6.07) is 8.09. The minimum atomic E-state index is 0.362. The van der Waals surface area contributed by atoms with Gasteiger partial charge in [0.25, 0.3) is 0 Å². The second kappa shape index (κ2) is 5.03. The van der Waals surface area contributed by atoms with E-state index < -0.39 is 0 Å². The normalized spacial score (nSPS) is 15.4. The van der Waals surface area contributed by atoms with Crippen LogP contribution in [-0.4, -0.2) is 23.1 Å². The molecule has 0 saturated heterocycles. The topological polar surface area (TPSA) is 55.0 Å². The molecule has 0 aliphatic heterocycles. The average molecular weight is 256 g/mol. The summed E-state index contributed by atoms with van der Waals surface area (Å²) in [5.74, 6) is 2.16. The lowest BCUT2D eigenvalue weighted by Gasteiger charge is -2.33. The molecule has 1 heterocycles. The summed E-state index contributed by atoms with van der Waals surface area (Å²) < 4.78 is 0. The molecule has 100 valence electrons. The fraction of sp³-hybridized carbons (Fsp3) is 0.467. The van der Waals surface area contributed by atoms with Crippen LogP contribution in [0.25, 0.3) is 10.9 Å². The van der Waals surface area contributed by atoms with Gasteiger partial charge in [-0.05, 0) is 37.8 Å². The molecule has 0 unspecified atom stereocenters. The van der Waals surface area contributed by atoms with Crippen molar-refractivity contribution in [2.45, 2.75) is 26.2 Å². The molecule has 1 aromatic carbocycles. The van der Waals surface area contributed by atoms with E-state index >= 15 is 0 Å². The summed E-state index contributed by atoms with van der Waals surface area (Å²) in [5, 5.41) is 1.10. The summed E-state index contributed by atoms with van der Waals surface area (Å²) in [6.07, 6.45) is 4.05. The second-order valence-corrected chi connectivity index (χ2v) is 5.26. The molecule has 0 atom stereocenters. The third-order valence-corrected chi connectivity index (χ3v) is 3.98. The summed E-state index contributed by atoms with van der Waals surface area (Å²) in [7, 11) is 0. The Labute approximate surface area is 113 Å². The zero-order valence-electron chi connectivity index (χ0n) is 11.3. The quantitative estimate of drug-likeness (QED) is 0.914. The number of hydrogen-bond donors (Lipinski definition) is 1. The first-order chi connectivity index (χ1) is 9.28. The lowest BCUT2D eigenvalue weighted by atomic mass is 9.85. The van der Waals surface area contributed by atoms with Gasteiger partial charge in [0.2, 0.25) is 5.95 Å². The van der Waals surface area contributed by atoms with Gasteiger partial charge in [-0.3, -0.25) is 0 Å². The van der Waals surface area contributed by atoms with Crippen molar-refractivity contribution in [2.24, 2.45) is 5.92 Å². The molecular weight excluding hydrogens is 236 g/mol. The van der Waals surface area contributed by atoms with E-state index in [1.807, 2.05) is 18.2 Å². The highest BCUT2D eigenvalue weighted by Crippen LogP contribution is 2.30. The Hall–Kier alpha value is -1.84. The molecule has 3 rings (SSSR count). The minimum Gasteiger partial charge on any atom is -0.368 e. The van der Waals surface area contributed by atoms with Crippen LogP contribution >= 0.6 is 0 Å². The van der Waals surface area contributed by atoms with Crippen LogP contribution in [0.4, 0.5) is 11.8 Å². The average Bonchev–Trinajstić information content (AvgIpc) is 2.37. The molecule has 0 radical (unpaired) electrons. The second-order valence-electron chi connectivity index (χ2n) is 5.26. The SMILES string of the molecule is CCN(CC1CCC1)c1nc(N)nc2ccccc12. The van der Waals surface area contributed by atoms with Gasteiger partial charge in [-0.25, -0.2) is 4.98 Å². The molecule has 4 heteroatoms. The number of fused-ring (bicyclic) bond motifs is 1. The van der Waals surface area contributed by atoms with Crippen LogP contribution in [0.1, 0.15) is 26.2 Å². The fourth-order valence-electron chi connectivity index (χ4n) is 2.67. The Balaban J connectivity index is 2.00. The highest BCUT2D eigenvalue weighted by Gasteiger charge is 2.22. The van der Waals surface area contributed by atoms with Crippen molar-refractivity contribution < 1.29 is 0 Å². The van der Waals surface area contributed by atoms with E-state index in [4.69, 9.17) is 5.73 Å². The van der Waals surface area contributed by atoms with Gasteiger partial charge < -0.3 is 10.6 Å². The first-order valence-electron chi connectivity index (χ1n) is 7.05. The fourth-order valence-corrected chi connectivity index (χ4v) is 2.67. The number of benzene rings is 1. The van der Waals surface area contributed by atoms with Crippen molar-refractivity contribution in [3.05, 3.63) is 24.3 Å². The van der Waals surface area contributed by atoms with E-state index in [1.165, 1.54) is 19.3 Å².